The first-order chi connectivity index (χ1) is 14.5. The fourth-order valence-electron chi connectivity index (χ4n) is 3.37. The van der Waals surface area contributed by atoms with Crippen molar-refractivity contribution in [3.05, 3.63) is 71.5 Å². The summed E-state index contributed by atoms with van der Waals surface area (Å²) in [6.07, 6.45) is 1.43. The summed E-state index contributed by atoms with van der Waals surface area (Å²) in [4.78, 5) is 25.6. The van der Waals surface area contributed by atoms with Crippen molar-refractivity contribution < 1.29 is 4.79 Å². The zero-order valence-corrected chi connectivity index (χ0v) is 16.0. The van der Waals surface area contributed by atoms with Gasteiger partial charge in [-0.15, -0.1) is 15.3 Å². The summed E-state index contributed by atoms with van der Waals surface area (Å²) in [5.41, 5.74) is 2.16. The van der Waals surface area contributed by atoms with Gasteiger partial charge < -0.3 is 5.32 Å². The highest BCUT2D eigenvalue weighted by atomic mass is 16.2. The van der Waals surface area contributed by atoms with E-state index in [0.29, 0.717) is 28.4 Å². The van der Waals surface area contributed by atoms with Crippen LogP contribution in [0.25, 0.3) is 27.6 Å². The Morgan fingerprint density at radius 3 is 2.80 bits per heavy atom. The highest BCUT2D eigenvalue weighted by Crippen LogP contribution is 2.21. The lowest BCUT2D eigenvalue weighted by atomic mass is 10.2. The largest absolute Gasteiger partial charge is 0.308 e. The van der Waals surface area contributed by atoms with E-state index in [-0.39, 0.29) is 12.1 Å². The van der Waals surface area contributed by atoms with Gasteiger partial charge in [-0.1, -0.05) is 24.8 Å². The minimum absolute atomic E-state index is 0.265. The molecule has 0 aliphatic carbocycles. The van der Waals surface area contributed by atoms with Gasteiger partial charge in [-0.25, -0.2) is 4.68 Å². The first-order valence-electron chi connectivity index (χ1n) is 9.15. The van der Waals surface area contributed by atoms with Crippen molar-refractivity contribution in [2.24, 2.45) is 0 Å². The molecule has 0 aliphatic rings. The van der Waals surface area contributed by atoms with Crippen LogP contribution in [0.1, 0.15) is 12.7 Å². The number of allylic oxidation sites excluding steroid dienone is 1. The molecule has 5 rings (SSSR count). The fourth-order valence-corrected chi connectivity index (χ4v) is 3.37. The Balaban J connectivity index is 1.54. The molecular formula is C20H16N8O2. The summed E-state index contributed by atoms with van der Waals surface area (Å²) >= 11 is 0. The van der Waals surface area contributed by atoms with Crippen LogP contribution >= 0.6 is 0 Å². The predicted molar refractivity (Wildman–Crippen MR) is 111 cm³/mol. The summed E-state index contributed by atoms with van der Waals surface area (Å²) < 4.78 is 4.36. The number of rotatable bonds is 4. The van der Waals surface area contributed by atoms with Gasteiger partial charge in [-0.05, 0) is 36.8 Å². The van der Waals surface area contributed by atoms with E-state index in [2.05, 4.69) is 32.3 Å². The van der Waals surface area contributed by atoms with Crippen LogP contribution in [-0.4, -0.2) is 39.9 Å². The number of hydrogen-bond acceptors (Lipinski definition) is 6. The molecule has 0 unspecified atom stereocenters. The molecule has 1 N–H and O–H groups in total. The van der Waals surface area contributed by atoms with Gasteiger partial charge in [0.15, 0.2) is 17.3 Å². The van der Waals surface area contributed by atoms with E-state index in [1.807, 2.05) is 31.2 Å². The minimum Gasteiger partial charge on any atom is -0.308 e. The molecule has 4 heterocycles. The van der Waals surface area contributed by atoms with Crippen LogP contribution in [0.2, 0.25) is 0 Å². The maximum Gasteiger partial charge on any atom is 0.291 e. The van der Waals surface area contributed by atoms with Crippen LogP contribution in [-0.2, 0) is 11.3 Å². The molecule has 4 aromatic heterocycles. The lowest BCUT2D eigenvalue weighted by Gasteiger charge is -2.11. The van der Waals surface area contributed by atoms with Gasteiger partial charge in [0.1, 0.15) is 18.4 Å². The Bertz CT molecular complexity index is 1520. The predicted octanol–water partition coefficient (Wildman–Crippen LogP) is 1.76. The molecule has 0 aliphatic heterocycles. The minimum atomic E-state index is -0.433. The molecule has 0 saturated carbocycles. The van der Waals surface area contributed by atoms with Gasteiger partial charge in [0.2, 0.25) is 5.91 Å². The van der Waals surface area contributed by atoms with E-state index >= 15 is 0 Å². The SMILES string of the molecule is C=C(C)c1nn(CC(=O)Nc2ccc3nncn3n2)c(=O)c2cc3ccccc3n12. The Kier molecular flexibility index (Phi) is 3.91. The number of nitrogens with zero attached hydrogens (tertiary/aromatic N) is 7. The first-order valence-corrected chi connectivity index (χ1v) is 9.15. The van der Waals surface area contributed by atoms with Crippen molar-refractivity contribution in [2.45, 2.75) is 13.5 Å². The molecule has 0 fully saturated rings. The molecule has 0 saturated heterocycles. The topological polar surface area (TPSA) is 111 Å². The van der Waals surface area contributed by atoms with Crippen LogP contribution in [0.5, 0.6) is 0 Å². The number of carbonyl (C=O) groups is 1. The van der Waals surface area contributed by atoms with Crippen LogP contribution in [0.15, 0.2) is 60.2 Å². The third kappa shape index (κ3) is 2.82. The molecule has 0 radical (unpaired) electrons. The Morgan fingerprint density at radius 1 is 1.13 bits per heavy atom. The van der Waals surface area contributed by atoms with Crippen molar-refractivity contribution in [3.8, 4) is 0 Å². The Hall–Kier alpha value is -4.34. The molecule has 148 valence electrons. The zero-order valence-electron chi connectivity index (χ0n) is 16.0. The number of aromatic nitrogens is 7. The molecule has 0 spiro atoms. The number of amides is 1. The molecule has 0 bridgehead atoms. The van der Waals surface area contributed by atoms with Crippen LogP contribution < -0.4 is 10.9 Å². The van der Waals surface area contributed by atoms with E-state index < -0.39 is 5.91 Å². The van der Waals surface area contributed by atoms with Gasteiger partial charge in [-0.2, -0.15) is 9.61 Å². The molecule has 1 amide bonds. The average molecular weight is 400 g/mol. The standard InChI is InChI=1S/C20H16N8O2/c1-12(2)19-25-26(20(30)15-9-13-5-3-4-6-14(13)28(15)19)10-18(29)22-16-7-8-17-23-21-11-27(17)24-16/h3-9,11H,1,10H2,2H3,(H,22,24,29). The monoisotopic (exact) mass is 400 g/mol. The van der Waals surface area contributed by atoms with Crippen molar-refractivity contribution in [3.63, 3.8) is 0 Å². The summed E-state index contributed by atoms with van der Waals surface area (Å²) in [6.45, 7) is 5.52. The summed E-state index contributed by atoms with van der Waals surface area (Å²) in [6, 6.07) is 12.7. The highest BCUT2D eigenvalue weighted by molar-refractivity contribution is 5.90. The van der Waals surface area contributed by atoms with E-state index in [1.54, 1.807) is 22.6 Å². The average Bonchev–Trinajstić information content (AvgIpc) is 3.34. The molecule has 1 aromatic carbocycles. The van der Waals surface area contributed by atoms with E-state index in [4.69, 9.17) is 0 Å². The first kappa shape index (κ1) is 17.7. The van der Waals surface area contributed by atoms with Crippen molar-refractivity contribution in [1.29, 1.82) is 0 Å². The van der Waals surface area contributed by atoms with E-state index in [0.717, 1.165) is 15.6 Å². The van der Waals surface area contributed by atoms with Gasteiger partial charge in [0, 0.05) is 5.39 Å². The van der Waals surface area contributed by atoms with Crippen molar-refractivity contribution in [1.82, 2.24) is 34.0 Å². The molecular weight excluding hydrogens is 384 g/mol. The second-order valence-corrected chi connectivity index (χ2v) is 6.89. The molecule has 0 atom stereocenters. The molecule has 10 heteroatoms. The molecule has 10 nitrogen and oxygen atoms in total. The van der Waals surface area contributed by atoms with Crippen molar-refractivity contribution in [2.75, 3.05) is 5.32 Å². The summed E-state index contributed by atoms with van der Waals surface area (Å²) in [5, 5.41) is 19.8. The normalized spacial score (nSPS) is 11.4. The number of nitrogens with one attached hydrogen (secondary N) is 1. The number of benzene rings is 1. The quantitative estimate of drug-likeness (QED) is 0.492. The van der Waals surface area contributed by atoms with Gasteiger partial charge in [0.05, 0.1) is 5.52 Å². The van der Waals surface area contributed by atoms with Crippen LogP contribution in [0.4, 0.5) is 5.82 Å². The summed E-state index contributed by atoms with van der Waals surface area (Å²) in [5.74, 6) is 0.398. The van der Waals surface area contributed by atoms with Gasteiger partial charge in [0.25, 0.3) is 5.56 Å². The Labute approximate surface area is 169 Å². The highest BCUT2D eigenvalue weighted by Gasteiger charge is 2.16. The fraction of sp³-hybridized carbons (Fsp3) is 0.100. The number of para-hydroxylation sites is 1. The van der Waals surface area contributed by atoms with E-state index in [1.165, 1.54) is 10.8 Å². The maximum atomic E-state index is 13.0. The molecule has 30 heavy (non-hydrogen) atoms. The zero-order chi connectivity index (χ0) is 20.8. The molecule has 5 aromatic rings. The number of anilines is 1. The van der Waals surface area contributed by atoms with Gasteiger partial charge in [-0.3, -0.25) is 14.0 Å². The lowest BCUT2D eigenvalue weighted by molar-refractivity contribution is -0.117. The van der Waals surface area contributed by atoms with Crippen LogP contribution in [0.3, 0.4) is 0 Å². The van der Waals surface area contributed by atoms with E-state index in [9.17, 15) is 9.59 Å². The Morgan fingerprint density at radius 2 is 1.97 bits per heavy atom. The van der Waals surface area contributed by atoms with Gasteiger partial charge >= 0.3 is 0 Å². The number of hydrogen-bond donors (Lipinski definition) is 1. The summed E-state index contributed by atoms with van der Waals surface area (Å²) in [7, 11) is 0. The number of carbonyl (C=O) groups excluding carboxylic acids is 1. The third-order valence-electron chi connectivity index (χ3n) is 4.70. The lowest BCUT2D eigenvalue weighted by Crippen LogP contribution is -2.32. The smallest absolute Gasteiger partial charge is 0.291 e. The second-order valence-electron chi connectivity index (χ2n) is 6.89. The second kappa shape index (κ2) is 6.62. The maximum absolute atomic E-state index is 13.0. The van der Waals surface area contributed by atoms with Crippen molar-refractivity contribution >= 4 is 39.4 Å². The van der Waals surface area contributed by atoms with Crippen LogP contribution in [0, 0.1) is 0 Å². The third-order valence-corrected chi connectivity index (χ3v) is 4.70. The number of fused-ring (bicyclic) bond motifs is 4.